The molecule has 1 heterocycles. The lowest BCUT2D eigenvalue weighted by Gasteiger charge is -2.19. The molecule has 1 heteroatoms. The van der Waals surface area contributed by atoms with Crippen molar-refractivity contribution in [3.8, 4) is 44.5 Å². The minimum Gasteiger partial charge on any atom is -0.456 e. The van der Waals surface area contributed by atoms with Gasteiger partial charge in [0.1, 0.15) is 11.2 Å². The molecule has 1 nitrogen and oxygen atoms in total. The molecule has 1 aromatic heterocycles. The number of furan rings is 1. The molecule has 0 atom stereocenters. The van der Waals surface area contributed by atoms with Crippen molar-refractivity contribution in [1.29, 1.82) is 0 Å². The first-order chi connectivity index (χ1) is 28.4. The van der Waals surface area contributed by atoms with Gasteiger partial charge < -0.3 is 4.42 Å². The van der Waals surface area contributed by atoms with Crippen LogP contribution in [0.3, 0.4) is 0 Å². The van der Waals surface area contributed by atoms with Gasteiger partial charge in [-0.25, -0.2) is 0 Å². The van der Waals surface area contributed by atoms with Crippen molar-refractivity contribution in [3.63, 3.8) is 0 Å². The fourth-order valence-corrected chi connectivity index (χ4v) is 7.27. The van der Waals surface area contributed by atoms with Gasteiger partial charge in [-0.3, -0.25) is 0 Å². The van der Waals surface area contributed by atoms with Gasteiger partial charge in [-0.2, -0.15) is 0 Å². The molecule has 10 aromatic rings. The van der Waals surface area contributed by atoms with E-state index >= 15 is 0 Å². The van der Waals surface area contributed by atoms with E-state index < -0.39 is 36.3 Å². The second-order valence-corrected chi connectivity index (χ2v) is 12.1. The molecule has 228 valence electrons. The van der Waals surface area contributed by atoms with Crippen LogP contribution in [-0.2, 0) is 0 Å². The highest BCUT2D eigenvalue weighted by Crippen LogP contribution is 2.48. The van der Waals surface area contributed by atoms with Gasteiger partial charge in [-0.05, 0) is 107 Å². The molecule has 0 amide bonds. The van der Waals surface area contributed by atoms with Gasteiger partial charge in [-0.15, -0.1) is 0 Å². The van der Waals surface area contributed by atoms with E-state index in [1.807, 2.05) is 84.9 Å². The quantitative estimate of drug-likeness (QED) is 0.176. The Labute approximate surface area is 298 Å². The summed E-state index contributed by atoms with van der Waals surface area (Å²) in [6.45, 7) is 0. The van der Waals surface area contributed by atoms with Gasteiger partial charge in [0, 0.05) is 10.8 Å². The summed E-state index contributed by atoms with van der Waals surface area (Å²) < 4.78 is 91.7. The summed E-state index contributed by atoms with van der Waals surface area (Å²) in [5, 5.41) is 7.26. The Morgan fingerprint density at radius 3 is 1.73 bits per heavy atom. The summed E-state index contributed by atoms with van der Waals surface area (Å²) in [5.74, 6) is 0. The lowest BCUT2D eigenvalue weighted by atomic mass is 9.83. The molecule has 0 N–H and O–H groups in total. The van der Waals surface area contributed by atoms with Crippen molar-refractivity contribution >= 4 is 54.3 Å². The minimum absolute atomic E-state index is 0.0835. The molecule has 0 aliphatic carbocycles. The van der Waals surface area contributed by atoms with Crippen LogP contribution < -0.4 is 0 Å². The van der Waals surface area contributed by atoms with Crippen LogP contribution in [0.15, 0.2) is 186 Å². The maximum absolute atomic E-state index is 8.88. The standard InChI is InChI=1S/C48H30O/c1-3-13-31(14-4-1)33-19-11-20-37(27-33)46-38-21-9-10-22-39(38)47(42-28-36(25-26-40(42)46)32-15-5-2-6-16-32)41-23-12-24-44-48(41)43-29-34-17-7-8-18-35(34)30-45(43)49-44/h1-30H/i1D,2D,3D,4D,5D,6D,13D,14D,15D,16D. The molecule has 0 bridgehead atoms. The Kier molecular flexibility index (Phi) is 4.39. The molecular formula is C48H30O. The van der Waals surface area contributed by atoms with E-state index in [0.29, 0.717) is 16.7 Å². The predicted molar refractivity (Wildman–Crippen MR) is 208 cm³/mol. The largest absolute Gasteiger partial charge is 0.456 e. The van der Waals surface area contributed by atoms with Crippen molar-refractivity contribution < 1.29 is 18.1 Å². The Hall–Kier alpha value is -6.44. The molecule has 0 radical (unpaired) electrons. The number of fused-ring (bicyclic) bond motifs is 6. The normalized spacial score (nSPS) is 14.5. The van der Waals surface area contributed by atoms with Crippen LogP contribution in [-0.4, -0.2) is 0 Å². The molecule has 49 heavy (non-hydrogen) atoms. The van der Waals surface area contributed by atoms with E-state index in [0.717, 1.165) is 70.9 Å². The highest BCUT2D eigenvalue weighted by atomic mass is 16.3. The van der Waals surface area contributed by atoms with E-state index in [2.05, 4.69) is 24.3 Å². The van der Waals surface area contributed by atoms with E-state index in [1.54, 1.807) is 12.1 Å². The Balaban J connectivity index is 1.35. The molecule has 0 aliphatic heterocycles. The summed E-state index contributed by atoms with van der Waals surface area (Å²) in [5.41, 5.74) is 5.80. The second kappa shape index (κ2) is 11.1. The molecule has 0 unspecified atom stereocenters. The van der Waals surface area contributed by atoms with E-state index in [-0.39, 0.29) is 35.3 Å². The monoisotopic (exact) mass is 632 g/mol. The lowest BCUT2D eigenvalue weighted by Crippen LogP contribution is -1.92. The van der Waals surface area contributed by atoms with Crippen LogP contribution in [0, 0.1) is 0 Å². The molecule has 10 rings (SSSR count). The first-order valence-electron chi connectivity index (χ1n) is 21.0. The zero-order valence-electron chi connectivity index (χ0n) is 36.0. The third-order valence-corrected chi connectivity index (χ3v) is 9.39. The van der Waals surface area contributed by atoms with Crippen LogP contribution in [0.25, 0.3) is 98.8 Å². The number of hydrogen-bond acceptors (Lipinski definition) is 1. The molecule has 0 saturated carbocycles. The first kappa shape index (κ1) is 19.4. The van der Waals surface area contributed by atoms with Crippen LogP contribution in [0.4, 0.5) is 0 Å². The summed E-state index contributed by atoms with van der Waals surface area (Å²) in [6.07, 6.45) is 0. The summed E-state index contributed by atoms with van der Waals surface area (Å²) in [7, 11) is 0. The Bertz CT molecular complexity index is 3400. The van der Waals surface area contributed by atoms with Crippen molar-refractivity contribution in [3.05, 3.63) is 182 Å². The van der Waals surface area contributed by atoms with Crippen molar-refractivity contribution in [2.24, 2.45) is 0 Å². The third kappa shape index (κ3) is 4.47. The lowest BCUT2D eigenvalue weighted by molar-refractivity contribution is 0.669. The van der Waals surface area contributed by atoms with E-state index in [1.165, 1.54) is 0 Å². The average molecular weight is 633 g/mol. The highest BCUT2D eigenvalue weighted by Gasteiger charge is 2.21. The van der Waals surface area contributed by atoms with Gasteiger partial charge in [0.15, 0.2) is 0 Å². The van der Waals surface area contributed by atoms with Gasteiger partial charge in [-0.1, -0.05) is 151 Å². The van der Waals surface area contributed by atoms with E-state index in [4.69, 9.17) is 18.1 Å². The molecule has 0 fully saturated rings. The Morgan fingerprint density at radius 2 is 0.980 bits per heavy atom. The summed E-state index contributed by atoms with van der Waals surface area (Å²) >= 11 is 0. The molecular weight excluding hydrogens is 593 g/mol. The number of benzene rings is 9. The molecule has 0 aliphatic rings. The van der Waals surface area contributed by atoms with Crippen molar-refractivity contribution in [2.75, 3.05) is 0 Å². The molecule has 0 saturated heterocycles. The maximum Gasteiger partial charge on any atom is 0.136 e. The zero-order valence-corrected chi connectivity index (χ0v) is 26.0. The minimum atomic E-state index is -0.469. The van der Waals surface area contributed by atoms with Crippen LogP contribution in [0.2, 0.25) is 0 Å². The predicted octanol–water partition coefficient (Wildman–Crippen LogP) is 13.7. The fourth-order valence-electron chi connectivity index (χ4n) is 7.27. The van der Waals surface area contributed by atoms with Gasteiger partial charge >= 0.3 is 0 Å². The average Bonchev–Trinajstić information content (AvgIpc) is 3.62. The van der Waals surface area contributed by atoms with Crippen LogP contribution in [0.1, 0.15) is 13.7 Å². The SMILES string of the molecule is [2H]c1c([2H])c([2H])c(-c2cccc(-c3c4ccccc4c(-c4cccc5oc6cc7ccccc7cc6c45)c4cc(-c5c([2H])c([2H])c([2H])c([2H])c5[2H])ccc34)c2)c([2H])c1[2H]. The smallest absolute Gasteiger partial charge is 0.136 e. The second-order valence-electron chi connectivity index (χ2n) is 12.1. The maximum atomic E-state index is 8.88. The van der Waals surface area contributed by atoms with E-state index in [9.17, 15) is 0 Å². The van der Waals surface area contributed by atoms with Gasteiger partial charge in [0.2, 0.25) is 0 Å². The van der Waals surface area contributed by atoms with Crippen LogP contribution in [0.5, 0.6) is 0 Å². The summed E-state index contributed by atoms with van der Waals surface area (Å²) in [6, 6.07) is 35.4. The zero-order chi connectivity index (χ0) is 41.0. The van der Waals surface area contributed by atoms with Gasteiger partial charge in [0.25, 0.3) is 0 Å². The number of hydrogen-bond donors (Lipinski definition) is 0. The van der Waals surface area contributed by atoms with Gasteiger partial charge in [0.05, 0.1) is 13.7 Å². The van der Waals surface area contributed by atoms with Crippen molar-refractivity contribution in [2.45, 2.75) is 0 Å². The molecule has 9 aromatic carbocycles. The summed E-state index contributed by atoms with van der Waals surface area (Å²) in [4.78, 5) is 0. The topological polar surface area (TPSA) is 13.1 Å². The fraction of sp³-hybridized carbons (Fsp3) is 0. The molecule has 0 spiro atoms. The highest BCUT2D eigenvalue weighted by molar-refractivity contribution is 6.26. The van der Waals surface area contributed by atoms with Crippen molar-refractivity contribution in [1.82, 2.24) is 0 Å². The third-order valence-electron chi connectivity index (χ3n) is 9.39. The number of rotatable bonds is 4. The van der Waals surface area contributed by atoms with Crippen LogP contribution >= 0.6 is 0 Å². The Morgan fingerprint density at radius 1 is 0.367 bits per heavy atom. The first-order valence-corrected chi connectivity index (χ1v) is 16.0.